The third kappa shape index (κ3) is 5.56. The summed E-state index contributed by atoms with van der Waals surface area (Å²) in [5.41, 5.74) is 2.58. The molecule has 1 aliphatic rings. The van der Waals surface area contributed by atoms with Gasteiger partial charge in [-0.25, -0.2) is 0 Å². The molecule has 1 N–H and O–H groups in total. The number of hydrogen-bond donors (Lipinski definition) is 1. The molecular formula is C25H31N5O3. The summed E-state index contributed by atoms with van der Waals surface area (Å²) in [6.45, 7) is 2.45. The molecule has 1 aromatic carbocycles. The van der Waals surface area contributed by atoms with Crippen molar-refractivity contribution in [3.63, 3.8) is 0 Å². The number of hydrogen-bond acceptors (Lipinski definition) is 6. The van der Waals surface area contributed by atoms with Gasteiger partial charge in [0.15, 0.2) is 5.82 Å². The molecule has 174 valence electrons. The van der Waals surface area contributed by atoms with E-state index >= 15 is 0 Å². The normalized spacial score (nSPS) is 18.3. The summed E-state index contributed by atoms with van der Waals surface area (Å²) in [5.74, 6) is 1.88. The SMILES string of the molecule is Cc1noc(CCC(=O)NCC2CCC(c3cc(C(=O)N(C)C)c4ccccc4n3)CC2)n1. The molecule has 0 spiro atoms. The number of nitrogens with zero attached hydrogens (tertiary/aromatic N) is 4. The Morgan fingerprint density at radius 3 is 2.58 bits per heavy atom. The van der Waals surface area contributed by atoms with E-state index in [1.165, 1.54) is 0 Å². The van der Waals surface area contributed by atoms with E-state index in [-0.39, 0.29) is 11.8 Å². The molecule has 2 amide bonds. The molecule has 4 rings (SSSR count). The number of aryl methyl sites for hydroxylation is 2. The van der Waals surface area contributed by atoms with Gasteiger partial charge in [-0.15, -0.1) is 0 Å². The Bertz CT molecular complexity index is 1130. The molecule has 0 atom stereocenters. The predicted molar refractivity (Wildman–Crippen MR) is 125 cm³/mol. The van der Waals surface area contributed by atoms with Gasteiger partial charge in [0.25, 0.3) is 5.91 Å². The van der Waals surface area contributed by atoms with Gasteiger partial charge in [0.2, 0.25) is 11.8 Å². The zero-order valence-electron chi connectivity index (χ0n) is 19.5. The van der Waals surface area contributed by atoms with Crippen molar-refractivity contribution in [2.24, 2.45) is 5.92 Å². The zero-order valence-corrected chi connectivity index (χ0v) is 19.5. The number of para-hydroxylation sites is 1. The van der Waals surface area contributed by atoms with E-state index in [1.807, 2.05) is 30.3 Å². The molecule has 8 nitrogen and oxygen atoms in total. The van der Waals surface area contributed by atoms with Crippen LogP contribution in [0.5, 0.6) is 0 Å². The molecule has 1 aliphatic carbocycles. The van der Waals surface area contributed by atoms with Crippen LogP contribution in [0.4, 0.5) is 0 Å². The van der Waals surface area contributed by atoms with Crippen LogP contribution in [-0.2, 0) is 11.2 Å². The summed E-state index contributed by atoms with van der Waals surface area (Å²) in [6.07, 6.45) is 4.87. The highest BCUT2D eigenvalue weighted by atomic mass is 16.5. The summed E-state index contributed by atoms with van der Waals surface area (Å²) >= 11 is 0. The lowest BCUT2D eigenvalue weighted by molar-refractivity contribution is -0.121. The lowest BCUT2D eigenvalue weighted by Crippen LogP contribution is -2.31. The zero-order chi connectivity index (χ0) is 23.4. The number of aromatic nitrogens is 3. The second-order valence-electron chi connectivity index (χ2n) is 9.07. The van der Waals surface area contributed by atoms with E-state index in [2.05, 4.69) is 15.5 Å². The first kappa shape index (κ1) is 22.9. The van der Waals surface area contributed by atoms with Crippen LogP contribution in [0.2, 0.25) is 0 Å². The lowest BCUT2D eigenvalue weighted by Gasteiger charge is -2.29. The Morgan fingerprint density at radius 1 is 1.12 bits per heavy atom. The van der Waals surface area contributed by atoms with Gasteiger partial charge < -0.3 is 14.7 Å². The van der Waals surface area contributed by atoms with Crippen LogP contribution in [0.15, 0.2) is 34.9 Å². The van der Waals surface area contributed by atoms with Crippen LogP contribution in [0.3, 0.4) is 0 Å². The Balaban J connectivity index is 1.33. The standard InChI is InChI=1S/C25H31N5O3/c1-16-27-24(33-29-16)13-12-23(31)26-15-17-8-10-18(11-9-17)22-14-20(25(32)30(2)3)19-6-4-5-7-21(19)28-22/h4-7,14,17-18H,8-13,15H2,1-3H3,(H,26,31). The van der Waals surface area contributed by atoms with E-state index in [4.69, 9.17) is 9.51 Å². The fraction of sp³-hybridized carbons (Fsp3) is 0.480. The Hall–Kier alpha value is -3.29. The summed E-state index contributed by atoms with van der Waals surface area (Å²) in [7, 11) is 3.56. The number of amides is 2. The van der Waals surface area contributed by atoms with E-state index in [0.717, 1.165) is 42.3 Å². The molecule has 0 saturated heterocycles. The van der Waals surface area contributed by atoms with Crippen molar-refractivity contribution in [2.45, 2.75) is 51.4 Å². The van der Waals surface area contributed by atoms with Gasteiger partial charge in [-0.3, -0.25) is 14.6 Å². The second kappa shape index (κ2) is 10.1. The second-order valence-corrected chi connectivity index (χ2v) is 9.07. The van der Waals surface area contributed by atoms with Gasteiger partial charge >= 0.3 is 0 Å². The average Bonchev–Trinajstić information content (AvgIpc) is 3.25. The first-order valence-corrected chi connectivity index (χ1v) is 11.6. The topological polar surface area (TPSA) is 101 Å². The van der Waals surface area contributed by atoms with E-state index in [1.54, 1.807) is 25.9 Å². The number of carbonyl (C=O) groups is 2. The van der Waals surface area contributed by atoms with Gasteiger partial charge in [-0.2, -0.15) is 4.98 Å². The highest BCUT2D eigenvalue weighted by Gasteiger charge is 2.25. The van der Waals surface area contributed by atoms with E-state index in [0.29, 0.717) is 48.5 Å². The van der Waals surface area contributed by atoms with Crippen molar-refractivity contribution in [3.05, 3.63) is 53.3 Å². The molecule has 8 heteroatoms. The van der Waals surface area contributed by atoms with Crippen LogP contribution in [0, 0.1) is 12.8 Å². The summed E-state index contributed by atoms with van der Waals surface area (Å²) in [5, 5.41) is 7.69. The maximum Gasteiger partial charge on any atom is 0.254 e. The monoisotopic (exact) mass is 449 g/mol. The van der Waals surface area contributed by atoms with Crippen LogP contribution in [-0.4, -0.2) is 52.5 Å². The number of fused-ring (bicyclic) bond motifs is 1. The molecular weight excluding hydrogens is 418 g/mol. The molecule has 0 aliphatic heterocycles. The third-order valence-corrected chi connectivity index (χ3v) is 6.36. The predicted octanol–water partition coefficient (Wildman–Crippen LogP) is 3.65. The Morgan fingerprint density at radius 2 is 1.88 bits per heavy atom. The fourth-order valence-electron chi connectivity index (χ4n) is 4.49. The van der Waals surface area contributed by atoms with Crippen LogP contribution in [0.1, 0.15) is 65.8 Å². The van der Waals surface area contributed by atoms with E-state index < -0.39 is 0 Å². The molecule has 2 heterocycles. The molecule has 1 fully saturated rings. The number of nitrogens with one attached hydrogen (secondary N) is 1. The maximum atomic E-state index is 12.8. The molecule has 1 saturated carbocycles. The molecule has 0 unspecified atom stereocenters. The third-order valence-electron chi connectivity index (χ3n) is 6.36. The van der Waals surface area contributed by atoms with Crippen molar-refractivity contribution in [3.8, 4) is 0 Å². The van der Waals surface area contributed by atoms with Crippen molar-refractivity contribution in [2.75, 3.05) is 20.6 Å². The fourth-order valence-corrected chi connectivity index (χ4v) is 4.49. The van der Waals surface area contributed by atoms with Crippen molar-refractivity contribution < 1.29 is 14.1 Å². The van der Waals surface area contributed by atoms with Gasteiger partial charge in [-0.1, -0.05) is 23.4 Å². The number of carbonyl (C=O) groups excluding carboxylic acids is 2. The van der Waals surface area contributed by atoms with Crippen molar-refractivity contribution in [1.29, 1.82) is 0 Å². The molecule has 3 aromatic rings. The average molecular weight is 450 g/mol. The maximum absolute atomic E-state index is 12.8. The molecule has 33 heavy (non-hydrogen) atoms. The van der Waals surface area contributed by atoms with Crippen molar-refractivity contribution >= 4 is 22.7 Å². The van der Waals surface area contributed by atoms with Crippen LogP contribution < -0.4 is 5.32 Å². The van der Waals surface area contributed by atoms with Crippen LogP contribution >= 0.6 is 0 Å². The minimum absolute atomic E-state index is 0.00179. The smallest absolute Gasteiger partial charge is 0.254 e. The first-order chi connectivity index (χ1) is 15.9. The minimum atomic E-state index is 0.00179. The van der Waals surface area contributed by atoms with Gasteiger partial charge in [0.1, 0.15) is 0 Å². The number of benzene rings is 1. The summed E-state index contributed by atoms with van der Waals surface area (Å²) in [4.78, 5) is 35.6. The highest BCUT2D eigenvalue weighted by Crippen LogP contribution is 2.36. The van der Waals surface area contributed by atoms with Gasteiger partial charge in [0, 0.05) is 50.5 Å². The van der Waals surface area contributed by atoms with Gasteiger partial charge in [0.05, 0.1) is 11.1 Å². The molecule has 2 aromatic heterocycles. The number of rotatable bonds is 7. The quantitative estimate of drug-likeness (QED) is 0.591. The Labute approximate surface area is 193 Å². The largest absolute Gasteiger partial charge is 0.356 e. The molecule has 0 bridgehead atoms. The summed E-state index contributed by atoms with van der Waals surface area (Å²) < 4.78 is 5.06. The highest BCUT2D eigenvalue weighted by molar-refractivity contribution is 6.06. The lowest BCUT2D eigenvalue weighted by atomic mass is 9.80. The van der Waals surface area contributed by atoms with E-state index in [9.17, 15) is 9.59 Å². The summed E-state index contributed by atoms with van der Waals surface area (Å²) in [6, 6.07) is 9.82. The molecule has 0 radical (unpaired) electrons. The van der Waals surface area contributed by atoms with Crippen molar-refractivity contribution in [1.82, 2.24) is 25.3 Å². The van der Waals surface area contributed by atoms with Crippen LogP contribution in [0.25, 0.3) is 10.9 Å². The Kier molecular flexibility index (Phi) is 7.01. The number of pyridine rings is 1. The van der Waals surface area contributed by atoms with Gasteiger partial charge in [-0.05, 0) is 50.7 Å². The minimum Gasteiger partial charge on any atom is -0.356 e. The first-order valence-electron chi connectivity index (χ1n) is 11.6.